The first-order valence-electron chi connectivity index (χ1n) is 8.44. The summed E-state index contributed by atoms with van der Waals surface area (Å²) in [5.74, 6) is 1.10. The number of hydrogen-bond acceptors (Lipinski definition) is 5. The van der Waals surface area contributed by atoms with Gasteiger partial charge in [0.1, 0.15) is 22.6 Å². The summed E-state index contributed by atoms with van der Waals surface area (Å²) < 4.78 is 8.66. The van der Waals surface area contributed by atoms with Gasteiger partial charge in [-0.3, -0.25) is 4.98 Å². The number of halogens is 1. The molecule has 0 atom stereocenters. The molecule has 0 amide bonds. The molecule has 7 heteroatoms. The van der Waals surface area contributed by atoms with E-state index in [-0.39, 0.29) is 5.41 Å². The minimum absolute atomic E-state index is 0.0968. The van der Waals surface area contributed by atoms with Gasteiger partial charge in [0.05, 0.1) is 9.99 Å². The molecule has 3 aromatic rings. The highest BCUT2D eigenvalue weighted by Crippen LogP contribution is 2.37. The predicted octanol–water partition coefficient (Wildman–Crippen LogP) is 4.65. The van der Waals surface area contributed by atoms with Crippen molar-refractivity contribution in [1.82, 2.24) is 20.0 Å². The SMILES string of the molecule is CC(C)(C)Cn1nnc2c(Br)c(Oc3cccnc3C(C)(C)O)ccc21. The molecular weight excluding hydrogens is 396 g/mol. The average molecular weight is 419 g/mol. The summed E-state index contributed by atoms with van der Waals surface area (Å²) in [6.07, 6.45) is 1.64. The molecule has 2 heterocycles. The van der Waals surface area contributed by atoms with E-state index in [1.165, 1.54) is 0 Å². The van der Waals surface area contributed by atoms with Crippen molar-refractivity contribution in [3.8, 4) is 11.5 Å². The second kappa shape index (κ2) is 6.63. The maximum Gasteiger partial charge on any atom is 0.151 e. The molecule has 6 nitrogen and oxygen atoms in total. The largest absolute Gasteiger partial charge is 0.454 e. The van der Waals surface area contributed by atoms with Gasteiger partial charge in [0.25, 0.3) is 0 Å². The standard InChI is InChI=1S/C19H23BrN4O2/c1-18(2,3)11-24-12-8-9-13(15(20)16(12)22-23-24)26-14-7-6-10-21-17(14)19(4,5)25/h6-10,25H,11H2,1-5H3. The quantitative estimate of drug-likeness (QED) is 0.666. The van der Waals surface area contributed by atoms with Gasteiger partial charge < -0.3 is 9.84 Å². The Bertz CT molecular complexity index is 939. The van der Waals surface area contributed by atoms with Crippen molar-refractivity contribution >= 4 is 27.0 Å². The zero-order valence-electron chi connectivity index (χ0n) is 15.6. The van der Waals surface area contributed by atoms with Crippen molar-refractivity contribution in [3.05, 3.63) is 40.6 Å². The Kier molecular flexibility index (Phi) is 4.79. The van der Waals surface area contributed by atoms with Crippen LogP contribution >= 0.6 is 15.9 Å². The van der Waals surface area contributed by atoms with E-state index in [0.717, 1.165) is 22.1 Å². The molecule has 0 aliphatic carbocycles. The first kappa shape index (κ1) is 18.8. The number of rotatable bonds is 4. The highest BCUT2D eigenvalue weighted by atomic mass is 79.9. The summed E-state index contributed by atoms with van der Waals surface area (Å²) in [6.45, 7) is 10.6. The van der Waals surface area contributed by atoms with Crippen molar-refractivity contribution < 1.29 is 9.84 Å². The van der Waals surface area contributed by atoms with Gasteiger partial charge in [-0.2, -0.15) is 0 Å². The van der Waals surface area contributed by atoms with Crippen LogP contribution < -0.4 is 4.74 Å². The Balaban J connectivity index is 2.00. The molecule has 0 radical (unpaired) electrons. The molecule has 0 saturated heterocycles. The van der Waals surface area contributed by atoms with Crippen LogP contribution in [0.25, 0.3) is 11.0 Å². The maximum absolute atomic E-state index is 10.3. The normalized spacial score (nSPS) is 12.6. The number of benzene rings is 1. The average Bonchev–Trinajstić information content (AvgIpc) is 2.91. The third-order valence-corrected chi connectivity index (χ3v) is 4.55. The van der Waals surface area contributed by atoms with Gasteiger partial charge in [0.15, 0.2) is 5.75 Å². The molecule has 0 bridgehead atoms. The number of nitrogens with zero attached hydrogens (tertiary/aromatic N) is 4. The fourth-order valence-corrected chi connectivity index (χ4v) is 3.18. The van der Waals surface area contributed by atoms with Gasteiger partial charge in [0.2, 0.25) is 0 Å². The second-order valence-corrected chi connectivity index (χ2v) is 8.86. The molecule has 0 fully saturated rings. The molecule has 0 spiro atoms. The lowest BCUT2D eigenvalue weighted by atomic mass is 9.97. The number of aliphatic hydroxyl groups is 1. The van der Waals surface area contributed by atoms with Gasteiger partial charge in [-0.1, -0.05) is 26.0 Å². The summed E-state index contributed by atoms with van der Waals surface area (Å²) in [6, 6.07) is 7.38. The highest BCUT2D eigenvalue weighted by molar-refractivity contribution is 9.10. The van der Waals surface area contributed by atoms with Gasteiger partial charge >= 0.3 is 0 Å². The summed E-state index contributed by atoms with van der Waals surface area (Å²) in [5.41, 5.74) is 1.14. The third kappa shape index (κ3) is 3.88. The minimum Gasteiger partial charge on any atom is -0.454 e. The summed E-state index contributed by atoms with van der Waals surface area (Å²) >= 11 is 3.58. The van der Waals surface area contributed by atoms with E-state index in [2.05, 4.69) is 52.0 Å². The minimum atomic E-state index is -1.11. The lowest BCUT2D eigenvalue weighted by Crippen LogP contribution is -2.18. The van der Waals surface area contributed by atoms with Crippen molar-refractivity contribution in [3.63, 3.8) is 0 Å². The first-order chi connectivity index (χ1) is 12.1. The maximum atomic E-state index is 10.3. The molecule has 0 saturated carbocycles. The van der Waals surface area contributed by atoms with Gasteiger partial charge in [0, 0.05) is 12.7 Å². The van der Waals surface area contributed by atoms with Crippen LogP contribution in [0.5, 0.6) is 11.5 Å². The molecule has 138 valence electrons. The summed E-state index contributed by atoms with van der Waals surface area (Å²) in [4.78, 5) is 4.26. The van der Waals surface area contributed by atoms with Crippen LogP contribution in [0.4, 0.5) is 0 Å². The predicted molar refractivity (Wildman–Crippen MR) is 104 cm³/mol. The fourth-order valence-electron chi connectivity index (χ4n) is 2.68. The lowest BCUT2D eigenvalue weighted by molar-refractivity contribution is 0.0713. The van der Waals surface area contributed by atoms with E-state index >= 15 is 0 Å². The second-order valence-electron chi connectivity index (χ2n) is 8.06. The van der Waals surface area contributed by atoms with Crippen LogP contribution in [0.15, 0.2) is 34.9 Å². The molecule has 26 heavy (non-hydrogen) atoms. The molecule has 0 aliphatic heterocycles. The number of ether oxygens (including phenoxy) is 1. The highest BCUT2D eigenvalue weighted by Gasteiger charge is 2.24. The van der Waals surface area contributed by atoms with Gasteiger partial charge in [-0.05, 0) is 59.5 Å². The summed E-state index contributed by atoms with van der Waals surface area (Å²) in [5, 5.41) is 18.9. The fraction of sp³-hybridized carbons (Fsp3) is 0.421. The number of pyridine rings is 1. The first-order valence-corrected chi connectivity index (χ1v) is 9.23. The Hall–Kier alpha value is -1.99. The third-order valence-electron chi connectivity index (χ3n) is 3.78. The molecule has 2 aromatic heterocycles. The van der Waals surface area contributed by atoms with E-state index in [9.17, 15) is 5.11 Å². The Morgan fingerprint density at radius 1 is 1.12 bits per heavy atom. The van der Waals surface area contributed by atoms with E-state index in [1.54, 1.807) is 32.2 Å². The monoisotopic (exact) mass is 418 g/mol. The van der Waals surface area contributed by atoms with Crippen LogP contribution in [0.3, 0.4) is 0 Å². The van der Waals surface area contributed by atoms with E-state index in [4.69, 9.17) is 4.74 Å². The van der Waals surface area contributed by atoms with Crippen LogP contribution in [-0.4, -0.2) is 25.1 Å². The number of fused-ring (bicyclic) bond motifs is 1. The summed E-state index contributed by atoms with van der Waals surface area (Å²) in [7, 11) is 0. The molecule has 0 unspecified atom stereocenters. The topological polar surface area (TPSA) is 73.1 Å². The molecule has 1 aromatic carbocycles. The zero-order chi connectivity index (χ0) is 19.1. The van der Waals surface area contributed by atoms with E-state index < -0.39 is 5.60 Å². The number of aromatic nitrogens is 4. The van der Waals surface area contributed by atoms with Gasteiger partial charge in [-0.15, -0.1) is 5.10 Å². The van der Waals surface area contributed by atoms with Crippen LogP contribution in [0.2, 0.25) is 0 Å². The van der Waals surface area contributed by atoms with Gasteiger partial charge in [-0.25, -0.2) is 4.68 Å². The number of hydrogen-bond donors (Lipinski definition) is 1. The Morgan fingerprint density at radius 3 is 2.50 bits per heavy atom. The van der Waals surface area contributed by atoms with Crippen molar-refractivity contribution in [2.45, 2.75) is 46.8 Å². The molecular formula is C19H23BrN4O2. The zero-order valence-corrected chi connectivity index (χ0v) is 17.2. The van der Waals surface area contributed by atoms with E-state index in [1.807, 2.05) is 16.8 Å². The van der Waals surface area contributed by atoms with E-state index in [0.29, 0.717) is 17.2 Å². The Labute approximate surface area is 161 Å². The molecule has 1 N–H and O–H groups in total. The van der Waals surface area contributed by atoms with Crippen molar-refractivity contribution in [2.24, 2.45) is 5.41 Å². The van der Waals surface area contributed by atoms with Crippen LogP contribution in [0, 0.1) is 5.41 Å². The lowest BCUT2D eigenvalue weighted by Gasteiger charge is -2.20. The van der Waals surface area contributed by atoms with Crippen molar-refractivity contribution in [2.75, 3.05) is 0 Å². The van der Waals surface area contributed by atoms with Crippen molar-refractivity contribution in [1.29, 1.82) is 0 Å². The smallest absolute Gasteiger partial charge is 0.151 e. The molecule has 0 aliphatic rings. The van der Waals surface area contributed by atoms with Crippen LogP contribution in [-0.2, 0) is 12.1 Å². The molecule has 3 rings (SSSR count). The van der Waals surface area contributed by atoms with Crippen LogP contribution in [0.1, 0.15) is 40.3 Å². The Morgan fingerprint density at radius 2 is 1.85 bits per heavy atom.